The molecule has 0 bridgehead atoms. The number of halogens is 1. The first kappa shape index (κ1) is 23.4. The molecule has 3 rings (SSSR count). The van der Waals surface area contributed by atoms with Gasteiger partial charge in [0.1, 0.15) is 5.75 Å². The van der Waals surface area contributed by atoms with E-state index in [2.05, 4.69) is 13.5 Å². The van der Waals surface area contributed by atoms with Crippen LogP contribution in [0.2, 0.25) is 5.02 Å². The fourth-order valence-electron chi connectivity index (χ4n) is 4.28. The minimum absolute atomic E-state index is 0.00930. The molecule has 31 heavy (non-hydrogen) atoms. The zero-order chi connectivity index (χ0) is 22.5. The standard InChI is InChI=1S/C26H31ClO4/c1-5-6-13-30-24-12-11-18(26(28)29)14-22(24)25-20(16(2)3)15-21(17(4)31-25)19-9-7-8-10-23(19)27/h7-12,14,17,20-21,25H,2,5-6,13,15H2,1,3-4H3,(H,28,29)/t17-,20+,21-,25-/m0/s1. The molecule has 1 fully saturated rings. The second-order valence-electron chi connectivity index (χ2n) is 8.34. The van der Waals surface area contributed by atoms with Crippen LogP contribution in [0.4, 0.5) is 0 Å². The molecule has 1 heterocycles. The molecule has 2 aromatic rings. The Hall–Kier alpha value is -2.30. The van der Waals surface area contributed by atoms with Crippen LogP contribution in [0.25, 0.3) is 0 Å². The third-order valence-corrected chi connectivity index (χ3v) is 6.40. The first-order chi connectivity index (χ1) is 14.8. The van der Waals surface area contributed by atoms with Crippen molar-refractivity contribution in [3.05, 3.63) is 76.3 Å². The SMILES string of the molecule is C=C(C)[C@H]1C[C@H](c2ccccc2Cl)[C@H](C)O[C@@H]1c1cc(C(=O)O)ccc1OCCCC. The van der Waals surface area contributed by atoms with Crippen molar-refractivity contribution in [2.45, 2.75) is 58.2 Å². The largest absolute Gasteiger partial charge is 0.493 e. The third kappa shape index (κ3) is 5.31. The topological polar surface area (TPSA) is 55.8 Å². The van der Waals surface area contributed by atoms with Gasteiger partial charge in [-0.3, -0.25) is 0 Å². The van der Waals surface area contributed by atoms with Crippen LogP contribution in [-0.2, 0) is 4.74 Å². The van der Waals surface area contributed by atoms with Crippen LogP contribution in [0.3, 0.4) is 0 Å². The molecule has 5 heteroatoms. The van der Waals surface area contributed by atoms with E-state index in [1.807, 2.05) is 38.1 Å². The Morgan fingerprint density at radius 3 is 2.65 bits per heavy atom. The van der Waals surface area contributed by atoms with Gasteiger partial charge in [0, 0.05) is 22.4 Å². The second kappa shape index (κ2) is 10.3. The van der Waals surface area contributed by atoms with Crippen molar-refractivity contribution in [1.29, 1.82) is 0 Å². The summed E-state index contributed by atoms with van der Waals surface area (Å²) in [6, 6.07) is 12.9. The van der Waals surface area contributed by atoms with Gasteiger partial charge in [-0.25, -0.2) is 4.79 Å². The van der Waals surface area contributed by atoms with Crippen LogP contribution in [0.1, 0.15) is 73.5 Å². The second-order valence-corrected chi connectivity index (χ2v) is 8.75. The van der Waals surface area contributed by atoms with Crippen molar-refractivity contribution in [2.24, 2.45) is 5.92 Å². The Balaban J connectivity index is 1.99. The minimum atomic E-state index is -0.967. The van der Waals surface area contributed by atoms with E-state index in [-0.39, 0.29) is 29.6 Å². The van der Waals surface area contributed by atoms with Gasteiger partial charge in [0.05, 0.1) is 24.4 Å². The maximum Gasteiger partial charge on any atom is 0.335 e. The van der Waals surface area contributed by atoms with Crippen LogP contribution in [0.5, 0.6) is 5.75 Å². The van der Waals surface area contributed by atoms with E-state index in [1.54, 1.807) is 18.2 Å². The Bertz CT molecular complexity index is 939. The average molecular weight is 443 g/mol. The predicted octanol–water partition coefficient (Wildman–Crippen LogP) is 7.04. The molecule has 1 N–H and O–H groups in total. The number of benzene rings is 2. The van der Waals surface area contributed by atoms with Gasteiger partial charge in [-0.15, -0.1) is 0 Å². The first-order valence-electron chi connectivity index (χ1n) is 10.9. The van der Waals surface area contributed by atoms with E-state index in [0.29, 0.717) is 12.4 Å². The molecular formula is C26H31ClO4. The maximum absolute atomic E-state index is 11.6. The lowest BCUT2D eigenvalue weighted by Crippen LogP contribution is -2.34. The molecule has 0 unspecified atom stereocenters. The third-order valence-electron chi connectivity index (χ3n) is 6.06. The summed E-state index contributed by atoms with van der Waals surface area (Å²) in [5.74, 6) is -0.155. The molecule has 0 saturated carbocycles. The van der Waals surface area contributed by atoms with E-state index in [9.17, 15) is 9.90 Å². The average Bonchev–Trinajstić information content (AvgIpc) is 2.74. The van der Waals surface area contributed by atoms with E-state index in [0.717, 1.165) is 41.0 Å². The highest BCUT2D eigenvalue weighted by Crippen LogP contribution is 2.49. The number of ether oxygens (including phenoxy) is 2. The fraction of sp³-hybridized carbons (Fsp3) is 0.423. The lowest BCUT2D eigenvalue weighted by atomic mass is 9.75. The lowest BCUT2D eigenvalue weighted by Gasteiger charge is -2.42. The quantitative estimate of drug-likeness (QED) is 0.351. The van der Waals surface area contributed by atoms with Gasteiger partial charge in [-0.05, 0) is 56.5 Å². The molecular weight excluding hydrogens is 412 g/mol. The zero-order valence-corrected chi connectivity index (χ0v) is 19.2. The first-order valence-corrected chi connectivity index (χ1v) is 11.3. The van der Waals surface area contributed by atoms with Gasteiger partial charge in [-0.1, -0.05) is 55.3 Å². The summed E-state index contributed by atoms with van der Waals surface area (Å²) < 4.78 is 12.6. The molecule has 1 aliphatic rings. The van der Waals surface area contributed by atoms with Crippen LogP contribution in [0, 0.1) is 5.92 Å². The summed E-state index contributed by atoms with van der Waals surface area (Å²) in [5, 5.41) is 10.3. The van der Waals surface area contributed by atoms with Gasteiger partial charge >= 0.3 is 5.97 Å². The predicted molar refractivity (Wildman–Crippen MR) is 124 cm³/mol. The summed E-state index contributed by atoms with van der Waals surface area (Å²) in [5.41, 5.74) is 3.06. The zero-order valence-electron chi connectivity index (χ0n) is 18.4. The summed E-state index contributed by atoms with van der Waals surface area (Å²) in [6.45, 7) is 11.0. The molecule has 1 saturated heterocycles. The van der Waals surface area contributed by atoms with Crippen LogP contribution < -0.4 is 4.74 Å². The maximum atomic E-state index is 11.6. The van der Waals surface area contributed by atoms with E-state index in [4.69, 9.17) is 21.1 Å². The molecule has 4 nitrogen and oxygen atoms in total. The number of hydrogen-bond acceptors (Lipinski definition) is 3. The number of carboxylic acid groups (broad SMARTS) is 1. The Labute approximate surface area is 189 Å². The molecule has 0 amide bonds. The number of unbranched alkanes of at least 4 members (excludes halogenated alkanes) is 1. The van der Waals surface area contributed by atoms with E-state index in [1.165, 1.54) is 0 Å². The van der Waals surface area contributed by atoms with Gasteiger partial charge in [-0.2, -0.15) is 0 Å². The van der Waals surface area contributed by atoms with Gasteiger partial charge in [0.25, 0.3) is 0 Å². The van der Waals surface area contributed by atoms with Gasteiger partial charge in [0.2, 0.25) is 0 Å². The summed E-state index contributed by atoms with van der Waals surface area (Å²) in [6.07, 6.45) is 2.34. The minimum Gasteiger partial charge on any atom is -0.493 e. The summed E-state index contributed by atoms with van der Waals surface area (Å²) in [4.78, 5) is 11.6. The molecule has 2 aromatic carbocycles. The van der Waals surface area contributed by atoms with Crippen molar-refractivity contribution < 1.29 is 19.4 Å². The van der Waals surface area contributed by atoms with Crippen LogP contribution in [0.15, 0.2) is 54.6 Å². The monoisotopic (exact) mass is 442 g/mol. The summed E-state index contributed by atoms with van der Waals surface area (Å²) >= 11 is 6.49. The van der Waals surface area contributed by atoms with Gasteiger partial charge < -0.3 is 14.6 Å². The molecule has 0 spiro atoms. The number of rotatable bonds is 8. The molecule has 166 valence electrons. The molecule has 0 aromatic heterocycles. The molecule has 0 radical (unpaired) electrons. The Kier molecular flexibility index (Phi) is 7.79. The number of carbonyl (C=O) groups is 1. The van der Waals surface area contributed by atoms with Crippen molar-refractivity contribution >= 4 is 17.6 Å². The highest BCUT2D eigenvalue weighted by Gasteiger charge is 2.39. The smallest absolute Gasteiger partial charge is 0.335 e. The number of carboxylic acids is 1. The van der Waals surface area contributed by atoms with Gasteiger partial charge in [0.15, 0.2) is 0 Å². The van der Waals surface area contributed by atoms with Crippen molar-refractivity contribution in [2.75, 3.05) is 6.61 Å². The normalized spacial score (nSPS) is 23.4. The number of hydrogen-bond donors (Lipinski definition) is 1. The fourth-order valence-corrected chi connectivity index (χ4v) is 4.55. The van der Waals surface area contributed by atoms with Crippen LogP contribution in [-0.4, -0.2) is 23.8 Å². The van der Waals surface area contributed by atoms with E-state index >= 15 is 0 Å². The molecule has 1 aliphatic heterocycles. The molecule has 0 aliphatic carbocycles. The van der Waals surface area contributed by atoms with Crippen molar-refractivity contribution in [3.63, 3.8) is 0 Å². The highest BCUT2D eigenvalue weighted by atomic mass is 35.5. The van der Waals surface area contributed by atoms with Crippen molar-refractivity contribution in [3.8, 4) is 5.75 Å². The Morgan fingerprint density at radius 1 is 1.26 bits per heavy atom. The lowest BCUT2D eigenvalue weighted by molar-refractivity contribution is -0.0812. The van der Waals surface area contributed by atoms with Crippen molar-refractivity contribution in [1.82, 2.24) is 0 Å². The highest BCUT2D eigenvalue weighted by molar-refractivity contribution is 6.31. The number of aromatic carboxylic acids is 1. The summed E-state index contributed by atoms with van der Waals surface area (Å²) in [7, 11) is 0. The van der Waals surface area contributed by atoms with E-state index < -0.39 is 5.97 Å². The molecule has 4 atom stereocenters. The van der Waals surface area contributed by atoms with Crippen LogP contribution >= 0.6 is 11.6 Å². The Morgan fingerprint density at radius 2 is 2.00 bits per heavy atom.